The first kappa shape index (κ1) is 16.4. The van der Waals surface area contributed by atoms with Crippen molar-refractivity contribution in [1.29, 1.82) is 0 Å². The van der Waals surface area contributed by atoms with Crippen LogP contribution in [0.1, 0.15) is 20.8 Å². The van der Waals surface area contributed by atoms with Crippen LogP contribution in [0.4, 0.5) is 4.79 Å². The lowest BCUT2D eigenvalue weighted by Gasteiger charge is -2.26. The maximum atomic E-state index is 11.5. The minimum atomic E-state index is -0.467. The van der Waals surface area contributed by atoms with Crippen molar-refractivity contribution in [2.45, 2.75) is 26.4 Å². The van der Waals surface area contributed by atoms with E-state index in [1.807, 2.05) is 20.8 Å². The van der Waals surface area contributed by atoms with E-state index < -0.39 is 5.60 Å². The van der Waals surface area contributed by atoms with Crippen LogP contribution in [0.5, 0.6) is 0 Å². The van der Waals surface area contributed by atoms with Crippen LogP contribution >= 0.6 is 0 Å². The highest BCUT2D eigenvalue weighted by Crippen LogP contribution is 2.09. The Balaban J connectivity index is 0. The molecule has 5 heteroatoms. The molecular formula is C10H23N3O2. The number of carbonyl (C=O) groups excluding carboxylic acids is 1. The summed E-state index contributed by atoms with van der Waals surface area (Å²) in [6.07, 6.45) is 1.31. The predicted molar refractivity (Wildman–Crippen MR) is 62.1 cm³/mol. The van der Waals surface area contributed by atoms with Crippen molar-refractivity contribution >= 4 is 6.09 Å². The molecule has 0 saturated carbocycles. The fraction of sp³-hybridized carbons (Fsp3) is 0.700. The van der Waals surface area contributed by atoms with E-state index in [0.717, 1.165) is 0 Å². The lowest BCUT2D eigenvalue weighted by atomic mass is 10.2. The van der Waals surface area contributed by atoms with Crippen LogP contribution in [0.2, 0.25) is 0 Å². The zero-order valence-corrected chi connectivity index (χ0v) is 9.95. The van der Waals surface area contributed by atoms with E-state index in [2.05, 4.69) is 6.58 Å². The quantitative estimate of drug-likeness (QED) is 0.699. The summed E-state index contributed by atoms with van der Waals surface area (Å²) in [6, 6.07) is 0. The van der Waals surface area contributed by atoms with Gasteiger partial charge >= 0.3 is 6.09 Å². The third-order valence-electron chi connectivity index (χ3n) is 1.40. The maximum absolute atomic E-state index is 11.5. The number of rotatable bonds is 4. The fourth-order valence-electron chi connectivity index (χ4n) is 0.895. The van der Waals surface area contributed by atoms with Crippen molar-refractivity contribution in [3.63, 3.8) is 0 Å². The number of hydrogen-bond acceptors (Lipinski definition) is 4. The molecule has 0 aromatic heterocycles. The lowest BCUT2D eigenvalue weighted by Crippen LogP contribution is -2.39. The van der Waals surface area contributed by atoms with E-state index in [1.54, 1.807) is 6.08 Å². The summed E-state index contributed by atoms with van der Waals surface area (Å²) in [5, 5.41) is 0. The van der Waals surface area contributed by atoms with Crippen molar-refractivity contribution in [2.75, 3.05) is 19.6 Å². The molecule has 0 aliphatic carbocycles. The van der Waals surface area contributed by atoms with Crippen molar-refractivity contribution in [1.82, 2.24) is 11.1 Å². The second-order valence-corrected chi connectivity index (χ2v) is 4.00. The smallest absolute Gasteiger partial charge is 0.410 e. The van der Waals surface area contributed by atoms with Gasteiger partial charge in [0.05, 0.1) is 0 Å². The molecule has 0 radical (unpaired) electrons. The molecule has 0 bridgehead atoms. The van der Waals surface area contributed by atoms with Gasteiger partial charge in [0.15, 0.2) is 0 Å². The van der Waals surface area contributed by atoms with Crippen LogP contribution in [0.25, 0.3) is 0 Å². The average molecular weight is 217 g/mol. The largest absolute Gasteiger partial charge is 0.444 e. The van der Waals surface area contributed by atoms with Crippen molar-refractivity contribution in [3.05, 3.63) is 12.7 Å². The molecule has 0 aromatic rings. The molecule has 0 fully saturated rings. The van der Waals surface area contributed by atoms with E-state index in [9.17, 15) is 4.79 Å². The maximum Gasteiger partial charge on any atom is 0.410 e. The number of ether oxygens (including phenoxy) is 1. The zero-order valence-electron chi connectivity index (χ0n) is 9.95. The molecule has 0 aliphatic rings. The Labute approximate surface area is 91.8 Å². The van der Waals surface area contributed by atoms with Crippen molar-refractivity contribution in [3.8, 4) is 0 Å². The zero-order chi connectivity index (χ0) is 11.2. The van der Waals surface area contributed by atoms with Gasteiger partial charge in [0, 0.05) is 19.6 Å². The molecular weight excluding hydrogens is 194 g/mol. The minimum Gasteiger partial charge on any atom is -0.444 e. The summed E-state index contributed by atoms with van der Waals surface area (Å²) in [6.45, 7) is 10.4. The van der Waals surface area contributed by atoms with Crippen LogP contribution in [0.15, 0.2) is 12.7 Å². The van der Waals surface area contributed by atoms with Gasteiger partial charge in [0.25, 0.3) is 0 Å². The molecule has 0 spiro atoms. The predicted octanol–water partition coefficient (Wildman–Crippen LogP) is 1.53. The van der Waals surface area contributed by atoms with E-state index in [0.29, 0.717) is 19.6 Å². The highest BCUT2D eigenvalue weighted by atomic mass is 16.6. The highest BCUT2D eigenvalue weighted by molar-refractivity contribution is 5.68. The highest BCUT2D eigenvalue weighted by Gasteiger charge is 2.20. The molecule has 0 unspecified atom stereocenters. The molecule has 0 aliphatic heterocycles. The molecule has 0 saturated heterocycles. The van der Waals surface area contributed by atoms with Crippen LogP contribution in [-0.2, 0) is 4.74 Å². The van der Waals surface area contributed by atoms with Gasteiger partial charge in [0.1, 0.15) is 5.60 Å². The van der Waals surface area contributed by atoms with Crippen molar-refractivity contribution in [2.24, 2.45) is 5.73 Å². The third-order valence-corrected chi connectivity index (χ3v) is 1.40. The van der Waals surface area contributed by atoms with Gasteiger partial charge in [0.2, 0.25) is 0 Å². The molecule has 90 valence electrons. The number of carbonyl (C=O) groups is 1. The Morgan fingerprint density at radius 1 is 1.53 bits per heavy atom. The molecule has 0 atom stereocenters. The Hall–Kier alpha value is -1.07. The SMILES string of the molecule is C=CCN(CCN)C(=O)OC(C)(C)C.N. The number of nitrogens with zero attached hydrogens (tertiary/aromatic N) is 1. The second kappa shape index (κ2) is 7.25. The Bertz CT molecular complexity index is 199. The van der Waals surface area contributed by atoms with Crippen LogP contribution in [0.3, 0.4) is 0 Å². The summed E-state index contributed by atoms with van der Waals surface area (Å²) < 4.78 is 5.19. The first-order valence-corrected chi connectivity index (χ1v) is 4.69. The normalized spacial score (nSPS) is 10.1. The Kier molecular flexibility index (Phi) is 7.91. The van der Waals surface area contributed by atoms with Gasteiger partial charge in [-0.15, -0.1) is 6.58 Å². The number of amides is 1. The molecule has 1 amide bonds. The topological polar surface area (TPSA) is 90.6 Å². The first-order valence-electron chi connectivity index (χ1n) is 4.69. The van der Waals surface area contributed by atoms with Gasteiger partial charge in [-0.25, -0.2) is 4.79 Å². The Morgan fingerprint density at radius 3 is 2.40 bits per heavy atom. The summed E-state index contributed by atoms with van der Waals surface area (Å²) in [7, 11) is 0. The van der Waals surface area contributed by atoms with Gasteiger partial charge < -0.3 is 21.5 Å². The molecule has 0 rings (SSSR count). The molecule has 0 heterocycles. The average Bonchev–Trinajstić information content (AvgIpc) is 2.01. The third kappa shape index (κ3) is 7.96. The number of hydrogen-bond donors (Lipinski definition) is 2. The van der Waals surface area contributed by atoms with E-state index >= 15 is 0 Å². The van der Waals surface area contributed by atoms with Gasteiger partial charge in [-0.2, -0.15) is 0 Å². The molecule has 5 N–H and O–H groups in total. The van der Waals surface area contributed by atoms with Gasteiger partial charge in [-0.1, -0.05) is 6.08 Å². The van der Waals surface area contributed by atoms with Gasteiger partial charge in [-0.3, -0.25) is 0 Å². The van der Waals surface area contributed by atoms with Crippen LogP contribution in [-0.4, -0.2) is 36.2 Å². The van der Waals surface area contributed by atoms with Crippen LogP contribution < -0.4 is 11.9 Å². The lowest BCUT2D eigenvalue weighted by molar-refractivity contribution is 0.0277. The Morgan fingerprint density at radius 2 is 2.07 bits per heavy atom. The first-order chi connectivity index (χ1) is 6.40. The fourth-order valence-corrected chi connectivity index (χ4v) is 0.895. The van der Waals surface area contributed by atoms with E-state index in [-0.39, 0.29) is 12.2 Å². The van der Waals surface area contributed by atoms with E-state index in [4.69, 9.17) is 10.5 Å². The van der Waals surface area contributed by atoms with Crippen LogP contribution in [0, 0.1) is 0 Å². The monoisotopic (exact) mass is 217 g/mol. The second-order valence-electron chi connectivity index (χ2n) is 4.00. The van der Waals surface area contributed by atoms with E-state index in [1.165, 1.54) is 4.90 Å². The molecule has 0 aromatic carbocycles. The number of nitrogens with two attached hydrogens (primary N) is 1. The van der Waals surface area contributed by atoms with Gasteiger partial charge in [-0.05, 0) is 20.8 Å². The molecule has 5 nitrogen and oxygen atoms in total. The summed E-state index contributed by atoms with van der Waals surface area (Å²) in [5.41, 5.74) is 4.91. The molecule has 15 heavy (non-hydrogen) atoms. The van der Waals surface area contributed by atoms with Crippen molar-refractivity contribution < 1.29 is 9.53 Å². The standard InChI is InChI=1S/C10H20N2O2.H3N/c1-5-7-12(8-6-11)9(13)14-10(2,3)4;/h5H,1,6-8,11H2,2-4H3;1H3. The minimum absolute atomic E-state index is 0. The summed E-state index contributed by atoms with van der Waals surface area (Å²) in [4.78, 5) is 13.1. The summed E-state index contributed by atoms with van der Waals surface area (Å²) >= 11 is 0. The summed E-state index contributed by atoms with van der Waals surface area (Å²) in [5.74, 6) is 0.